The number of hydrogen-bond acceptors (Lipinski definition) is 3. The molecule has 0 bridgehead atoms. The molecule has 0 unspecified atom stereocenters. The molecule has 3 rings (SSSR count). The summed E-state index contributed by atoms with van der Waals surface area (Å²) in [5.74, 6) is 0.916. The standard InChI is InChI=1S/C22H26N2O3/c25-21(23-14-4-8-17-6-2-1-3-7-17)9-5-15-27-19-11-12-20-18(16-19)10-13-22(26)24-20/h1-3,6-7,11-12,16H,4-5,8-10,13-15H2,(H,23,25)(H,24,26). The smallest absolute Gasteiger partial charge is 0.224 e. The van der Waals surface area contributed by atoms with Gasteiger partial charge in [-0.25, -0.2) is 0 Å². The first-order valence-corrected chi connectivity index (χ1v) is 9.57. The summed E-state index contributed by atoms with van der Waals surface area (Å²) >= 11 is 0. The molecule has 0 spiro atoms. The minimum Gasteiger partial charge on any atom is -0.494 e. The highest BCUT2D eigenvalue weighted by Crippen LogP contribution is 2.26. The zero-order valence-corrected chi connectivity index (χ0v) is 15.5. The Balaban J connectivity index is 1.28. The van der Waals surface area contributed by atoms with Crippen molar-refractivity contribution < 1.29 is 14.3 Å². The number of carbonyl (C=O) groups excluding carboxylic acids is 2. The molecule has 0 radical (unpaired) electrons. The predicted molar refractivity (Wildman–Crippen MR) is 106 cm³/mol. The Hall–Kier alpha value is -2.82. The molecule has 0 fully saturated rings. The second-order valence-corrected chi connectivity index (χ2v) is 6.76. The van der Waals surface area contributed by atoms with E-state index in [4.69, 9.17) is 4.74 Å². The number of fused-ring (bicyclic) bond motifs is 1. The molecule has 2 amide bonds. The second kappa shape index (κ2) is 9.76. The molecule has 2 N–H and O–H groups in total. The van der Waals surface area contributed by atoms with Gasteiger partial charge in [-0.1, -0.05) is 30.3 Å². The van der Waals surface area contributed by atoms with E-state index >= 15 is 0 Å². The summed E-state index contributed by atoms with van der Waals surface area (Å²) in [6.45, 7) is 1.20. The van der Waals surface area contributed by atoms with E-state index in [9.17, 15) is 9.59 Å². The maximum absolute atomic E-state index is 11.9. The Kier molecular flexibility index (Phi) is 6.85. The van der Waals surface area contributed by atoms with Crippen molar-refractivity contribution in [3.05, 3.63) is 59.7 Å². The van der Waals surface area contributed by atoms with Crippen LogP contribution in [0.3, 0.4) is 0 Å². The van der Waals surface area contributed by atoms with Crippen LogP contribution in [0.5, 0.6) is 5.75 Å². The molecule has 5 nitrogen and oxygen atoms in total. The van der Waals surface area contributed by atoms with Gasteiger partial charge in [-0.05, 0) is 55.0 Å². The minimum absolute atomic E-state index is 0.0611. The van der Waals surface area contributed by atoms with E-state index in [1.54, 1.807) is 0 Å². The van der Waals surface area contributed by atoms with Gasteiger partial charge < -0.3 is 15.4 Å². The van der Waals surface area contributed by atoms with Crippen LogP contribution in [0.25, 0.3) is 0 Å². The van der Waals surface area contributed by atoms with Crippen molar-refractivity contribution >= 4 is 17.5 Å². The number of anilines is 1. The van der Waals surface area contributed by atoms with Crippen LogP contribution in [0.15, 0.2) is 48.5 Å². The SMILES string of the molecule is O=C(CCCOc1ccc2c(c1)CCC(=O)N2)NCCCc1ccccc1. The summed E-state index contributed by atoms with van der Waals surface area (Å²) in [4.78, 5) is 23.3. The fourth-order valence-corrected chi connectivity index (χ4v) is 3.13. The lowest BCUT2D eigenvalue weighted by Crippen LogP contribution is -2.24. The Bertz CT molecular complexity index is 774. The largest absolute Gasteiger partial charge is 0.494 e. The third-order valence-electron chi connectivity index (χ3n) is 4.60. The highest BCUT2D eigenvalue weighted by atomic mass is 16.5. The Morgan fingerprint density at radius 2 is 1.93 bits per heavy atom. The summed E-state index contributed by atoms with van der Waals surface area (Å²) in [6, 6.07) is 16.0. The molecule has 1 heterocycles. The Labute approximate surface area is 160 Å². The topological polar surface area (TPSA) is 67.4 Å². The molecule has 142 valence electrons. The van der Waals surface area contributed by atoms with Crippen molar-refractivity contribution in [1.82, 2.24) is 5.32 Å². The molecule has 2 aromatic rings. The highest BCUT2D eigenvalue weighted by molar-refractivity contribution is 5.94. The van der Waals surface area contributed by atoms with Gasteiger partial charge in [0.2, 0.25) is 11.8 Å². The monoisotopic (exact) mass is 366 g/mol. The normalized spacial score (nSPS) is 12.8. The van der Waals surface area contributed by atoms with Crippen molar-refractivity contribution in [2.75, 3.05) is 18.5 Å². The first-order valence-electron chi connectivity index (χ1n) is 9.57. The fourth-order valence-electron chi connectivity index (χ4n) is 3.13. The van der Waals surface area contributed by atoms with Crippen LogP contribution in [0.1, 0.15) is 36.8 Å². The first-order chi connectivity index (χ1) is 13.2. The van der Waals surface area contributed by atoms with E-state index in [0.29, 0.717) is 32.4 Å². The fraction of sp³-hybridized carbons (Fsp3) is 0.364. The highest BCUT2D eigenvalue weighted by Gasteiger charge is 2.15. The third-order valence-corrected chi connectivity index (χ3v) is 4.60. The molecule has 27 heavy (non-hydrogen) atoms. The Morgan fingerprint density at radius 3 is 2.78 bits per heavy atom. The van der Waals surface area contributed by atoms with Gasteiger partial charge in [0, 0.05) is 25.1 Å². The summed E-state index contributed by atoms with van der Waals surface area (Å²) in [5, 5.41) is 5.82. The lowest BCUT2D eigenvalue weighted by molar-refractivity contribution is -0.121. The van der Waals surface area contributed by atoms with Crippen LogP contribution < -0.4 is 15.4 Å². The van der Waals surface area contributed by atoms with E-state index in [-0.39, 0.29) is 11.8 Å². The average Bonchev–Trinajstić information content (AvgIpc) is 2.69. The zero-order chi connectivity index (χ0) is 18.9. The summed E-state index contributed by atoms with van der Waals surface area (Å²) in [6.07, 6.45) is 4.32. The number of ether oxygens (including phenoxy) is 1. The van der Waals surface area contributed by atoms with Gasteiger partial charge >= 0.3 is 0 Å². The number of rotatable bonds is 9. The van der Waals surface area contributed by atoms with E-state index in [1.165, 1.54) is 5.56 Å². The first kappa shape index (κ1) is 19.0. The maximum Gasteiger partial charge on any atom is 0.224 e. The third kappa shape index (κ3) is 6.13. The van der Waals surface area contributed by atoms with Crippen molar-refractivity contribution in [3.8, 4) is 5.75 Å². The zero-order valence-electron chi connectivity index (χ0n) is 15.5. The number of amides is 2. The quantitative estimate of drug-likeness (QED) is 0.668. The molecule has 0 aromatic heterocycles. The summed E-state index contributed by atoms with van der Waals surface area (Å²) in [5.41, 5.74) is 3.27. The van der Waals surface area contributed by atoms with Crippen molar-refractivity contribution in [2.45, 2.75) is 38.5 Å². The van der Waals surface area contributed by atoms with Crippen LogP contribution in [-0.2, 0) is 22.4 Å². The molecule has 1 aliphatic rings. The van der Waals surface area contributed by atoms with Crippen molar-refractivity contribution in [2.24, 2.45) is 0 Å². The van der Waals surface area contributed by atoms with Gasteiger partial charge in [0.15, 0.2) is 0 Å². The number of benzene rings is 2. The van der Waals surface area contributed by atoms with Gasteiger partial charge in [0.25, 0.3) is 0 Å². The van der Waals surface area contributed by atoms with Crippen molar-refractivity contribution in [3.63, 3.8) is 0 Å². The summed E-state index contributed by atoms with van der Waals surface area (Å²) < 4.78 is 5.74. The molecular weight excluding hydrogens is 340 g/mol. The number of hydrogen-bond donors (Lipinski definition) is 2. The van der Waals surface area contributed by atoms with Crippen LogP contribution in [0.2, 0.25) is 0 Å². The van der Waals surface area contributed by atoms with Crippen LogP contribution in [-0.4, -0.2) is 25.0 Å². The minimum atomic E-state index is 0.0611. The molecule has 0 aliphatic carbocycles. The van der Waals surface area contributed by atoms with Crippen LogP contribution >= 0.6 is 0 Å². The maximum atomic E-state index is 11.9. The molecule has 0 saturated heterocycles. The summed E-state index contributed by atoms with van der Waals surface area (Å²) in [7, 11) is 0. The van der Waals surface area contributed by atoms with Gasteiger partial charge in [0.05, 0.1) is 6.61 Å². The van der Waals surface area contributed by atoms with E-state index in [2.05, 4.69) is 22.8 Å². The predicted octanol–water partition coefficient (Wildman–Crippen LogP) is 3.48. The average molecular weight is 366 g/mol. The lowest BCUT2D eigenvalue weighted by Gasteiger charge is -2.17. The van der Waals surface area contributed by atoms with Gasteiger partial charge in [0.1, 0.15) is 5.75 Å². The second-order valence-electron chi connectivity index (χ2n) is 6.76. The van der Waals surface area contributed by atoms with E-state index in [0.717, 1.165) is 36.3 Å². The molecule has 1 aliphatic heterocycles. The molecule has 0 atom stereocenters. The molecular formula is C22H26N2O3. The van der Waals surface area contributed by atoms with E-state index in [1.807, 2.05) is 36.4 Å². The molecule has 5 heteroatoms. The van der Waals surface area contributed by atoms with Gasteiger partial charge in [-0.15, -0.1) is 0 Å². The Morgan fingerprint density at radius 1 is 1.07 bits per heavy atom. The molecule has 0 saturated carbocycles. The number of aryl methyl sites for hydroxylation is 2. The van der Waals surface area contributed by atoms with Crippen LogP contribution in [0.4, 0.5) is 5.69 Å². The lowest BCUT2D eigenvalue weighted by atomic mass is 10.0. The number of nitrogens with one attached hydrogen (secondary N) is 2. The van der Waals surface area contributed by atoms with Gasteiger partial charge in [-0.3, -0.25) is 9.59 Å². The van der Waals surface area contributed by atoms with Gasteiger partial charge in [-0.2, -0.15) is 0 Å². The molecule has 2 aromatic carbocycles. The number of carbonyl (C=O) groups is 2. The van der Waals surface area contributed by atoms with Crippen molar-refractivity contribution in [1.29, 1.82) is 0 Å². The van der Waals surface area contributed by atoms with E-state index < -0.39 is 0 Å². The van der Waals surface area contributed by atoms with Crippen LogP contribution in [0, 0.1) is 0 Å².